The Morgan fingerprint density at radius 3 is 2.39 bits per heavy atom. The number of hydroxylamine groups is 1. The number of hydrogen-bond acceptors (Lipinski definition) is 6. The Balaban J connectivity index is 1.47. The van der Waals surface area contributed by atoms with Crippen molar-refractivity contribution in [1.82, 2.24) is 0 Å². The number of anilines is 2. The summed E-state index contributed by atoms with van der Waals surface area (Å²) in [5.74, 6) is -0.471. The SMILES string of the molecule is CCCOc1ccc(N2C(=O)[C@@H]3[C@@H](ON(c4ccccc4)[C@H]3c3cccs3)C2=O)cc1. The van der Waals surface area contributed by atoms with Crippen molar-refractivity contribution in [2.45, 2.75) is 25.5 Å². The smallest absolute Gasteiger partial charge is 0.266 e. The highest BCUT2D eigenvalue weighted by atomic mass is 32.1. The second-order valence-corrected chi connectivity index (χ2v) is 8.51. The van der Waals surface area contributed by atoms with Crippen LogP contribution in [0.2, 0.25) is 0 Å². The molecule has 1 aromatic heterocycles. The lowest BCUT2D eigenvalue weighted by Crippen LogP contribution is -2.37. The van der Waals surface area contributed by atoms with E-state index in [-0.39, 0.29) is 17.9 Å². The third-order valence-corrected chi connectivity index (χ3v) is 6.47. The first-order valence-corrected chi connectivity index (χ1v) is 11.2. The van der Waals surface area contributed by atoms with Gasteiger partial charge in [0.05, 0.1) is 18.0 Å². The van der Waals surface area contributed by atoms with Gasteiger partial charge >= 0.3 is 0 Å². The molecule has 6 nitrogen and oxygen atoms in total. The first-order valence-electron chi connectivity index (χ1n) is 10.3. The predicted molar refractivity (Wildman–Crippen MR) is 119 cm³/mol. The van der Waals surface area contributed by atoms with Gasteiger partial charge in [0, 0.05) is 4.88 Å². The van der Waals surface area contributed by atoms with Gasteiger partial charge in [0.2, 0.25) is 5.91 Å². The second kappa shape index (κ2) is 8.17. The van der Waals surface area contributed by atoms with E-state index in [2.05, 4.69) is 0 Å². The van der Waals surface area contributed by atoms with Crippen molar-refractivity contribution in [2.75, 3.05) is 16.6 Å². The molecule has 2 aromatic carbocycles. The van der Waals surface area contributed by atoms with E-state index in [0.717, 1.165) is 17.0 Å². The number of carbonyl (C=O) groups excluding carboxylic acids is 2. The summed E-state index contributed by atoms with van der Waals surface area (Å²) >= 11 is 1.56. The Morgan fingerprint density at radius 1 is 0.935 bits per heavy atom. The van der Waals surface area contributed by atoms with Crippen LogP contribution in [-0.2, 0) is 14.4 Å². The molecule has 0 bridgehead atoms. The first-order chi connectivity index (χ1) is 15.2. The minimum atomic E-state index is -0.851. The molecule has 158 valence electrons. The molecular weight excluding hydrogens is 412 g/mol. The molecule has 5 rings (SSSR count). The first kappa shape index (κ1) is 19.8. The van der Waals surface area contributed by atoms with Gasteiger partial charge in [-0.2, -0.15) is 0 Å². The van der Waals surface area contributed by atoms with E-state index in [0.29, 0.717) is 18.0 Å². The van der Waals surface area contributed by atoms with Crippen LogP contribution in [0.25, 0.3) is 0 Å². The molecule has 3 aromatic rings. The molecule has 0 spiro atoms. The van der Waals surface area contributed by atoms with Gasteiger partial charge in [-0.3, -0.25) is 14.4 Å². The standard InChI is InChI=1S/C24H22N2O4S/c1-2-14-29-18-12-10-16(11-13-18)25-23(27)20-21(19-9-6-15-31-19)26(30-22(20)24(25)28)17-7-4-3-5-8-17/h3-13,15,20-22H,2,14H2,1H3/t20-,21-,22+/m0/s1. The molecule has 2 amide bonds. The molecule has 0 radical (unpaired) electrons. The number of rotatable bonds is 6. The zero-order chi connectivity index (χ0) is 21.4. The molecule has 0 saturated carbocycles. The highest BCUT2D eigenvalue weighted by Crippen LogP contribution is 2.48. The normalized spacial score (nSPS) is 22.8. The molecule has 0 unspecified atom stereocenters. The Hall–Kier alpha value is -3.16. The Morgan fingerprint density at radius 2 is 1.71 bits per heavy atom. The lowest BCUT2D eigenvalue weighted by Gasteiger charge is -2.27. The number of thiophene rings is 1. The highest BCUT2D eigenvalue weighted by Gasteiger charge is 2.60. The number of ether oxygens (including phenoxy) is 1. The molecule has 2 saturated heterocycles. The van der Waals surface area contributed by atoms with E-state index >= 15 is 0 Å². The maximum Gasteiger partial charge on any atom is 0.266 e. The number of imide groups is 1. The van der Waals surface area contributed by atoms with Gasteiger partial charge in [0.15, 0.2) is 6.10 Å². The quantitative estimate of drug-likeness (QED) is 0.531. The molecular formula is C24H22N2O4S. The van der Waals surface area contributed by atoms with E-state index in [1.807, 2.05) is 54.8 Å². The molecule has 2 fully saturated rings. The number of benzene rings is 2. The fraction of sp³-hybridized carbons (Fsp3) is 0.250. The molecule has 0 N–H and O–H groups in total. The molecule has 7 heteroatoms. The monoisotopic (exact) mass is 434 g/mol. The third-order valence-electron chi connectivity index (χ3n) is 5.53. The molecule has 2 aliphatic heterocycles. The van der Waals surface area contributed by atoms with Crippen molar-refractivity contribution < 1.29 is 19.2 Å². The van der Waals surface area contributed by atoms with Gasteiger partial charge in [-0.25, -0.2) is 9.96 Å². The van der Waals surface area contributed by atoms with Crippen LogP contribution < -0.4 is 14.7 Å². The summed E-state index contributed by atoms with van der Waals surface area (Å²) in [6.07, 6.45) is 0.0592. The average molecular weight is 435 g/mol. The number of fused-ring (bicyclic) bond motifs is 1. The molecule has 2 aliphatic rings. The fourth-order valence-corrected chi connectivity index (χ4v) is 4.98. The van der Waals surface area contributed by atoms with Crippen LogP contribution in [0.4, 0.5) is 11.4 Å². The van der Waals surface area contributed by atoms with E-state index in [1.165, 1.54) is 4.90 Å². The highest BCUT2D eigenvalue weighted by molar-refractivity contribution is 7.10. The van der Waals surface area contributed by atoms with Gasteiger partial charge < -0.3 is 4.74 Å². The van der Waals surface area contributed by atoms with Crippen molar-refractivity contribution in [3.8, 4) is 5.75 Å². The minimum Gasteiger partial charge on any atom is -0.494 e. The summed E-state index contributed by atoms with van der Waals surface area (Å²) in [4.78, 5) is 35.1. The Labute approximate surface area is 184 Å². The fourth-order valence-electron chi connectivity index (χ4n) is 4.13. The summed E-state index contributed by atoms with van der Waals surface area (Å²) < 4.78 is 5.61. The lowest BCUT2D eigenvalue weighted by atomic mass is 9.95. The summed E-state index contributed by atoms with van der Waals surface area (Å²) in [7, 11) is 0. The summed E-state index contributed by atoms with van der Waals surface area (Å²) in [6.45, 7) is 2.66. The Bertz CT molecular complexity index is 1070. The zero-order valence-electron chi connectivity index (χ0n) is 17.0. The number of amides is 2. The Kier molecular flexibility index (Phi) is 5.21. The van der Waals surface area contributed by atoms with Crippen LogP contribution in [0.1, 0.15) is 24.3 Å². The van der Waals surface area contributed by atoms with Crippen LogP contribution in [0.3, 0.4) is 0 Å². The van der Waals surface area contributed by atoms with Gasteiger partial charge in [-0.05, 0) is 54.3 Å². The maximum atomic E-state index is 13.5. The van der Waals surface area contributed by atoms with Crippen LogP contribution in [0.15, 0.2) is 72.1 Å². The average Bonchev–Trinajstić information content (AvgIpc) is 3.51. The summed E-state index contributed by atoms with van der Waals surface area (Å²) in [6, 6.07) is 20.2. The van der Waals surface area contributed by atoms with Crippen molar-refractivity contribution in [2.24, 2.45) is 5.92 Å². The van der Waals surface area contributed by atoms with Crippen LogP contribution in [0, 0.1) is 5.92 Å². The van der Waals surface area contributed by atoms with Crippen molar-refractivity contribution in [1.29, 1.82) is 0 Å². The molecule has 3 heterocycles. The summed E-state index contributed by atoms with van der Waals surface area (Å²) in [5.41, 5.74) is 1.35. The number of para-hydroxylation sites is 1. The minimum absolute atomic E-state index is 0.242. The largest absolute Gasteiger partial charge is 0.494 e. The van der Waals surface area contributed by atoms with E-state index in [1.54, 1.807) is 40.7 Å². The lowest BCUT2D eigenvalue weighted by molar-refractivity contribution is -0.126. The van der Waals surface area contributed by atoms with Gasteiger partial charge in [0.1, 0.15) is 17.7 Å². The number of carbonyl (C=O) groups is 2. The third kappa shape index (κ3) is 3.40. The topological polar surface area (TPSA) is 59.1 Å². The number of nitrogens with zero attached hydrogens (tertiary/aromatic N) is 2. The van der Waals surface area contributed by atoms with Gasteiger partial charge in [0.25, 0.3) is 5.91 Å². The van der Waals surface area contributed by atoms with E-state index in [4.69, 9.17) is 9.57 Å². The summed E-state index contributed by atoms with van der Waals surface area (Å²) in [5, 5.41) is 3.69. The van der Waals surface area contributed by atoms with Crippen LogP contribution in [-0.4, -0.2) is 24.5 Å². The zero-order valence-corrected chi connectivity index (χ0v) is 17.8. The maximum absolute atomic E-state index is 13.5. The molecule has 3 atom stereocenters. The van der Waals surface area contributed by atoms with Crippen molar-refractivity contribution in [3.05, 3.63) is 77.0 Å². The van der Waals surface area contributed by atoms with E-state index < -0.39 is 12.0 Å². The van der Waals surface area contributed by atoms with Gasteiger partial charge in [-0.15, -0.1) is 11.3 Å². The van der Waals surface area contributed by atoms with Gasteiger partial charge in [-0.1, -0.05) is 31.2 Å². The van der Waals surface area contributed by atoms with Crippen molar-refractivity contribution in [3.63, 3.8) is 0 Å². The predicted octanol–water partition coefficient (Wildman–Crippen LogP) is 4.59. The van der Waals surface area contributed by atoms with Crippen LogP contribution >= 0.6 is 11.3 Å². The second-order valence-electron chi connectivity index (χ2n) is 7.53. The number of hydrogen-bond donors (Lipinski definition) is 0. The van der Waals surface area contributed by atoms with E-state index in [9.17, 15) is 9.59 Å². The molecule has 0 aliphatic carbocycles. The van der Waals surface area contributed by atoms with Crippen LogP contribution in [0.5, 0.6) is 5.75 Å². The van der Waals surface area contributed by atoms with Crippen molar-refractivity contribution >= 4 is 34.5 Å². The molecule has 31 heavy (non-hydrogen) atoms.